The molecule has 0 spiro atoms. The van der Waals surface area contributed by atoms with Gasteiger partial charge in [0.1, 0.15) is 10.7 Å². The highest BCUT2D eigenvalue weighted by Gasteiger charge is 2.19. The molecule has 0 radical (unpaired) electrons. The maximum Gasteiger partial charge on any atom is 0.259 e. The Bertz CT molecular complexity index is 699. The lowest BCUT2D eigenvalue weighted by Gasteiger charge is -2.32. The number of thiophene rings is 1. The minimum absolute atomic E-state index is 0.0366. The van der Waals surface area contributed by atoms with Crippen molar-refractivity contribution >= 4 is 21.6 Å². The van der Waals surface area contributed by atoms with Crippen LogP contribution in [0.15, 0.2) is 4.79 Å². The first-order chi connectivity index (χ1) is 9.72. The van der Waals surface area contributed by atoms with Crippen LogP contribution >= 0.6 is 11.3 Å². The molecule has 0 aliphatic rings. The fourth-order valence-electron chi connectivity index (χ4n) is 2.03. The largest absolute Gasteiger partial charge is 0.309 e. The van der Waals surface area contributed by atoms with Gasteiger partial charge in [-0.2, -0.15) is 0 Å². The van der Waals surface area contributed by atoms with Crippen molar-refractivity contribution in [2.75, 3.05) is 20.6 Å². The minimum atomic E-state index is -0.0366. The van der Waals surface area contributed by atoms with E-state index in [-0.39, 0.29) is 11.1 Å². The summed E-state index contributed by atoms with van der Waals surface area (Å²) in [5.41, 5.74) is 1.06. The molecule has 0 atom stereocenters. The summed E-state index contributed by atoms with van der Waals surface area (Å²) in [6.45, 7) is 9.74. The Balaban J connectivity index is 2.16. The first-order valence-corrected chi connectivity index (χ1v) is 7.91. The Hall–Kier alpha value is -1.24. The first-order valence-electron chi connectivity index (χ1n) is 7.09. The number of hydrogen-bond donors (Lipinski definition) is 2. The molecule has 0 amide bonds. The van der Waals surface area contributed by atoms with Crippen molar-refractivity contribution in [3.05, 3.63) is 26.6 Å². The molecule has 5 nitrogen and oxygen atoms in total. The zero-order chi connectivity index (χ0) is 15.8. The van der Waals surface area contributed by atoms with E-state index in [1.807, 2.05) is 13.8 Å². The SMILES string of the molecule is Cc1sc2nc(CNCC(C)(C)N(C)C)[nH]c(=O)c2c1C. The van der Waals surface area contributed by atoms with Crippen LogP contribution < -0.4 is 10.9 Å². The molecule has 0 fully saturated rings. The van der Waals surface area contributed by atoms with Gasteiger partial charge in [0.2, 0.25) is 0 Å². The van der Waals surface area contributed by atoms with Crippen molar-refractivity contribution in [2.45, 2.75) is 39.8 Å². The maximum absolute atomic E-state index is 12.2. The lowest BCUT2D eigenvalue weighted by atomic mass is 10.0. The van der Waals surface area contributed by atoms with Crippen molar-refractivity contribution < 1.29 is 0 Å². The third kappa shape index (κ3) is 3.33. The van der Waals surface area contributed by atoms with Gasteiger partial charge in [-0.1, -0.05) is 0 Å². The number of aryl methyl sites for hydroxylation is 2. The fourth-order valence-corrected chi connectivity index (χ4v) is 3.08. The molecule has 2 rings (SSSR count). The van der Waals surface area contributed by atoms with E-state index in [0.29, 0.717) is 12.4 Å². The van der Waals surface area contributed by atoms with Crippen molar-refractivity contribution in [3.8, 4) is 0 Å². The number of nitrogens with zero attached hydrogens (tertiary/aromatic N) is 2. The molecule has 0 bridgehead atoms. The highest BCUT2D eigenvalue weighted by Crippen LogP contribution is 2.25. The molecule has 0 aliphatic carbocycles. The van der Waals surface area contributed by atoms with Gasteiger partial charge in [-0.3, -0.25) is 4.79 Å². The van der Waals surface area contributed by atoms with Gasteiger partial charge in [0, 0.05) is 17.0 Å². The summed E-state index contributed by atoms with van der Waals surface area (Å²) < 4.78 is 0. The number of hydrogen-bond acceptors (Lipinski definition) is 5. The second-order valence-corrected chi connectivity index (χ2v) is 7.49. The third-order valence-electron chi connectivity index (χ3n) is 4.15. The zero-order valence-corrected chi connectivity index (χ0v) is 14.4. The van der Waals surface area contributed by atoms with E-state index >= 15 is 0 Å². The summed E-state index contributed by atoms with van der Waals surface area (Å²) in [5.74, 6) is 0.698. The van der Waals surface area contributed by atoms with E-state index in [2.05, 4.69) is 48.1 Å². The minimum Gasteiger partial charge on any atom is -0.309 e. The van der Waals surface area contributed by atoms with Crippen LogP contribution in [0.4, 0.5) is 0 Å². The van der Waals surface area contributed by atoms with Crippen LogP contribution in [0, 0.1) is 13.8 Å². The Morgan fingerprint density at radius 3 is 2.62 bits per heavy atom. The molecule has 2 aromatic heterocycles. The molecule has 6 heteroatoms. The molecule has 0 aromatic carbocycles. The molecule has 0 saturated heterocycles. The molecule has 2 N–H and O–H groups in total. The molecule has 2 aromatic rings. The first kappa shape index (κ1) is 16.1. The van der Waals surface area contributed by atoms with Gasteiger partial charge in [0.25, 0.3) is 5.56 Å². The summed E-state index contributed by atoms with van der Waals surface area (Å²) in [6.07, 6.45) is 0. The van der Waals surface area contributed by atoms with E-state index in [1.165, 1.54) is 0 Å². The molecule has 0 aliphatic heterocycles. The van der Waals surface area contributed by atoms with Crippen LogP contribution in [0.25, 0.3) is 10.2 Å². The number of aromatic amines is 1. The topological polar surface area (TPSA) is 61.0 Å². The second kappa shape index (κ2) is 5.87. The van der Waals surface area contributed by atoms with Gasteiger partial charge in [0.15, 0.2) is 0 Å². The van der Waals surface area contributed by atoms with Crippen molar-refractivity contribution in [1.82, 2.24) is 20.2 Å². The lowest BCUT2D eigenvalue weighted by Crippen LogP contribution is -2.46. The molecule has 2 heterocycles. The van der Waals surface area contributed by atoms with Crippen LogP contribution in [0.5, 0.6) is 0 Å². The van der Waals surface area contributed by atoms with Gasteiger partial charge in [0.05, 0.1) is 11.9 Å². The number of likely N-dealkylation sites (N-methyl/N-ethyl adjacent to an activating group) is 1. The molecule has 116 valence electrons. The van der Waals surface area contributed by atoms with E-state index in [9.17, 15) is 4.79 Å². The Kier molecular flexibility index (Phi) is 4.51. The average molecular weight is 308 g/mol. The molecular weight excluding hydrogens is 284 g/mol. The van der Waals surface area contributed by atoms with Crippen LogP contribution in [-0.4, -0.2) is 41.0 Å². The van der Waals surface area contributed by atoms with Gasteiger partial charge in [-0.05, 0) is 47.4 Å². The molecule has 0 saturated carbocycles. The smallest absolute Gasteiger partial charge is 0.259 e. The normalized spacial score (nSPS) is 12.5. The second-order valence-electron chi connectivity index (χ2n) is 6.29. The number of fused-ring (bicyclic) bond motifs is 1. The van der Waals surface area contributed by atoms with Gasteiger partial charge >= 0.3 is 0 Å². The van der Waals surface area contributed by atoms with Crippen molar-refractivity contribution in [1.29, 1.82) is 0 Å². The van der Waals surface area contributed by atoms with E-state index < -0.39 is 0 Å². The van der Waals surface area contributed by atoms with Crippen LogP contribution in [0.1, 0.15) is 30.1 Å². The summed E-state index contributed by atoms with van der Waals surface area (Å²) in [5, 5.41) is 4.10. The lowest BCUT2D eigenvalue weighted by molar-refractivity contribution is 0.189. The highest BCUT2D eigenvalue weighted by molar-refractivity contribution is 7.18. The predicted molar refractivity (Wildman–Crippen MR) is 89.2 cm³/mol. The van der Waals surface area contributed by atoms with Crippen molar-refractivity contribution in [2.24, 2.45) is 0 Å². The molecule has 21 heavy (non-hydrogen) atoms. The van der Waals surface area contributed by atoms with Gasteiger partial charge < -0.3 is 15.2 Å². The van der Waals surface area contributed by atoms with Crippen LogP contribution in [0.2, 0.25) is 0 Å². The van der Waals surface area contributed by atoms with Crippen LogP contribution in [0.3, 0.4) is 0 Å². The summed E-state index contributed by atoms with van der Waals surface area (Å²) in [7, 11) is 4.12. The predicted octanol–water partition coefficient (Wildman–Crippen LogP) is 2.03. The molecular formula is C15H24N4OS. The van der Waals surface area contributed by atoms with Crippen LogP contribution in [-0.2, 0) is 6.54 Å². The van der Waals surface area contributed by atoms with Crippen molar-refractivity contribution in [3.63, 3.8) is 0 Å². The highest BCUT2D eigenvalue weighted by atomic mass is 32.1. The quantitative estimate of drug-likeness (QED) is 0.887. The fraction of sp³-hybridized carbons (Fsp3) is 0.600. The summed E-state index contributed by atoms with van der Waals surface area (Å²) in [6, 6.07) is 0. The zero-order valence-electron chi connectivity index (χ0n) is 13.6. The number of nitrogens with one attached hydrogen (secondary N) is 2. The van der Waals surface area contributed by atoms with E-state index in [0.717, 1.165) is 27.2 Å². The monoisotopic (exact) mass is 308 g/mol. The Morgan fingerprint density at radius 1 is 1.33 bits per heavy atom. The average Bonchev–Trinajstić information content (AvgIpc) is 2.64. The Morgan fingerprint density at radius 2 is 2.00 bits per heavy atom. The Labute approximate surface area is 129 Å². The molecule has 0 unspecified atom stereocenters. The van der Waals surface area contributed by atoms with E-state index in [4.69, 9.17) is 0 Å². The summed E-state index contributed by atoms with van der Waals surface area (Å²) >= 11 is 1.58. The standard InChI is InChI=1S/C15H24N4OS/c1-9-10(2)21-14-12(9)13(20)17-11(18-14)7-16-8-15(3,4)19(5)6/h16H,7-8H2,1-6H3,(H,17,18,20). The number of H-pyrrole nitrogens is 1. The summed E-state index contributed by atoms with van der Waals surface area (Å²) in [4.78, 5) is 23.8. The van der Waals surface area contributed by atoms with E-state index in [1.54, 1.807) is 11.3 Å². The van der Waals surface area contributed by atoms with Gasteiger partial charge in [-0.15, -0.1) is 11.3 Å². The number of rotatable bonds is 5. The maximum atomic E-state index is 12.2. The number of aromatic nitrogens is 2. The van der Waals surface area contributed by atoms with Gasteiger partial charge in [-0.25, -0.2) is 4.98 Å². The third-order valence-corrected chi connectivity index (χ3v) is 5.25.